The molecule has 0 aliphatic carbocycles. The van der Waals surface area contributed by atoms with Crippen molar-refractivity contribution in [1.82, 2.24) is 0 Å². The summed E-state index contributed by atoms with van der Waals surface area (Å²) in [6.45, 7) is 2.20. The lowest BCUT2D eigenvalue weighted by atomic mass is 10.0. The molecule has 0 amide bonds. The predicted molar refractivity (Wildman–Crippen MR) is 88.0 cm³/mol. The Morgan fingerprint density at radius 2 is 1.68 bits per heavy atom. The van der Waals surface area contributed by atoms with Crippen LogP contribution < -0.4 is 0 Å². The number of rotatable bonds is 15. The van der Waals surface area contributed by atoms with Crippen molar-refractivity contribution in [1.29, 1.82) is 0 Å². The van der Waals surface area contributed by atoms with Crippen molar-refractivity contribution in [3.63, 3.8) is 0 Å². The quantitative estimate of drug-likeness (QED) is 0.349. The van der Waals surface area contributed by atoms with Crippen molar-refractivity contribution < 1.29 is 19.7 Å². The predicted octanol–water partition coefficient (Wildman–Crippen LogP) is 4.29. The lowest BCUT2D eigenvalue weighted by Gasteiger charge is -2.08. The number of carboxylic acids is 1. The molecule has 0 aromatic heterocycles. The van der Waals surface area contributed by atoms with Gasteiger partial charge in [-0.05, 0) is 19.3 Å². The molecule has 0 saturated carbocycles. The Bertz CT molecular complexity index is 293. The van der Waals surface area contributed by atoms with Gasteiger partial charge in [-0.2, -0.15) is 0 Å². The molecule has 0 aromatic rings. The molecule has 130 valence electrons. The summed E-state index contributed by atoms with van der Waals surface area (Å²) in [5, 5.41) is 18.5. The maximum atomic E-state index is 10.4. The normalized spacial score (nSPS) is 21.7. The fourth-order valence-corrected chi connectivity index (χ4v) is 2.99. The summed E-state index contributed by atoms with van der Waals surface area (Å²) < 4.78 is 5.64. The van der Waals surface area contributed by atoms with E-state index in [-0.39, 0.29) is 12.2 Å². The maximum absolute atomic E-state index is 10.4. The van der Waals surface area contributed by atoms with Crippen LogP contribution in [0.15, 0.2) is 0 Å². The van der Waals surface area contributed by atoms with Gasteiger partial charge in [-0.3, -0.25) is 4.79 Å². The summed E-state index contributed by atoms with van der Waals surface area (Å²) >= 11 is 0. The SMILES string of the molecule is CCCCCC[C@@H](O)C[C@@H]1O[C@H]1CCCCCCCC(=O)O. The first-order valence-corrected chi connectivity index (χ1v) is 9.18. The van der Waals surface area contributed by atoms with Crippen LogP contribution in [0.1, 0.15) is 90.4 Å². The van der Waals surface area contributed by atoms with E-state index >= 15 is 0 Å². The molecule has 2 N–H and O–H groups in total. The maximum Gasteiger partial charge on any atom is 0.303 e. The zero-order valence-electron chi connectivity index (χ0n) is 14.1. The van der Waals surface area contributed by atoms with E-state index in [1.54, 1.807) is 0 Å². The second-order valence-corrected chi connectivity index (χ2v) is 6.65. The Balaban J connectivity index is 1.86. The van der Waals surface area contributed by atoms with Crippen molar-refractivity contribution in [2.24, 2.45) is 0 Å². The van der Waals surface area contributed by atoms with Crippen LogP contribution in [0, 0.1) is 0 Å². The van der Waals surface area contributed by atoms with E-state index in [4.69, 9.17) is 9.84 Å². The molecule has 0 unspecified atom stereocenters. The van der Waals surface area contributed by atoms with Crippen molar-refractivity contribution in [3.8, 4) is 0 Å². The summed E-state index contributed by atoms with van der Waals surface area (Å²) in [6, 6.07) is 0. The molecule has 22 heavy (non-hydrogen) atoms. The van der Waals surface area contributed by atoms with E-state index in [1.165, 1.54) is 19.3 Å². The van der Waals surface area contributed by atoms with Gasteiger partial charge in [0.25, 0.3) is 0 Å². The van der Waals surface area contributed by atoms with E-state index in [2.05, 4.69) is 6.92 Å². The molecule has 0 radical (unpaired) electrons. The van der Waals surface area contributed by atoms with Crippen molar-refractivity contribution in [2.75, 3.05) is 0 Å². The third kappa shape index (κ3) is 10.2. The van der Waals surface area contributed by atoms with Gasteiger partial charge in [-0.15, -0.1) is 0 Å². The first kappa shape index (κ1) is 19.4. The second kappa shape index (κ2) is 11.9. The number of hydrogen-bond donors (Lipinski definition) is 2. The molecule has 0 bridgehead atoms. The molecule has 1 saturated heterocycles. The molecule has 1 aliphatic heterocycles. The highest BCUT2D eigenvalue weighted by molar-refractivity contribution is 5.66. The van der Waals surface area contributed by atoms with Crippen LogP contribution in [0.5, 0.6) is 0 Å². The zero-order chi connectivity index (χ0) is 16.2. The monoisotopic (exact) mass is 314 g/mol. The van der Waals surface area contributed by atoms with Gasteiger partial charge < -0.3 is 14.9 Å². The first-order chi connectivity index (χ1) is 10.6. The average molecular weight is 314 g/mol. The van der Waals surface area contributed by atoms with Gasteiger partial charge in [0.15, 0.2) is 0 Å². The van der Waals surface area contributed by atoms with Crippen LogP contribution in [0.25, 0.3) is 0 Å². The lowest BCUT2D eigenvalue weighted by Crippen LogP contribution is -2.11. The molecule has 0 spiro atoms. The molecule has 1 aliphatic rings. The molecule has 4 nitrogen and oxygen atoms in total. The van der Waals surface area contributed by atoms with Crippen LogP contribution in [0.3, 0.4) is 0 Å². The Kier molecular flexibility index (Phi) is 10.5. The van der Waals surface area contributed by atoms with Gasteiger partial charge in [0, 0.05) is 12.8 Å². The minimum atomic E-state index is -0.692. The summed E-state index contributed by atoms with van der Waals surface area (Å²) in [6.07, 6.45) is 13.6. The van der Waals surface area contributed by atoms with E-state index in [9.17, 15) is 9.90 Å². The molecular weight excluding hydrogens is 280 g/mol. The van der Waals surface area contributed by atoms with Gasteiger partial charge in [0.1, 0.15) is 0 Å². The van der Waals surface area contributed by atoms with Crippen molar-refractivity contribution in [3.05, 3.63) is 0 Å². The van der Waals surface area contributed by atoms with Gasteiger partial charge in [-0.1, -0.05) is 58.3 Å². The zero-order valence-corrected chi connectivity index (χ0v) is 14.1. The van der Waals surface area contributed by atoms with E-state index < -0.39 is 5.97 Å². The van der Waals surface area contributed by atoms with E-state index in [0.29, 0.717) is 12.5 Å². The number of epoxide rings is 1. The Labute approximate surface area is 135 Å². The number of aliphatic hydroxyl groups is 1. The first-order valence-electron chi connectivity index (χ1n) is 9.18. The molecule has 1 heterocycles. The minimum absolute atomic E-state index is 0.192. The van der Waals surface area contributed by atoms with Gasteiger partial charge in [0.2, 0.25) is 0 Å². The lowest BCUT2D eigenvalue weighted by molar-refractivity contribution is -0.137. The van der Waals surface area contributed by atoms with Crippen LogP contribution in [0.4, 0.5) is 0 Å². The van der Waals surface area contributed by atoms with Crippen molar-refractivity contribution in [2.45, 2.75) is 109 Å². The highest BCUT2D eigenvalue weighted by Crippen LogP contribution is 2.32. The minimum Gasteiger partial charge on any atom is -0.481 e. The smallest absolute Gasteiger partial charge is 0.303 e. The van der Waals surface area contributed by atoms with Gasteiger partial charge in [-0.25, -0.2) is 0 Å². The number of ether oxygens (including phenoxy) is 1. The topological polar surface area (TPSA) is 70.1 Å². The Morgan fingerprint density at radius 1 is 1.00 bits per heavy atom. The summed E-state index contributed by atoms with van der Waals surface area (Å²) in [7, 11) is 0. The fourth-order valence-electron chi connectivity index (χ4n) is 2.99. The van der Waals surface area contributed by atoms with Crippen LogP contribution >= 0.6 is 0 Å². The standard InChI is InChI=1S/C18H34O4/c1-2-3-4-8-11-15(19)14-17-16(22-17)12-9-6-5-7-10-13-18(20)21/h15-17,19H,2-14H2,1H3,(H,20,21)/t15-,16+,17+/m1/s1. The largest absolute Gasteiger partial charge is 0.481 e. The summed E-state index contributed by atoms with van der Waals surface area (Å²) in [5.74, 6) is -0.692. The van der Waals surface area contributed by atoms with E-state index in [0.717, 1.165) is 57.8 Å². The Hall–Kier alpha value is -0.610. The second-order valence-electron chi connectivity index (χ2n) is 6.65. The van der Waals surface area contributed by atoms with Crippen LogP contribution in [-0.4, -0.2) is 34.5 Å². The average Bonchev–Trinajstić information content (AvgIpc) is 3.20. The fraction of sp³-hybridized carbons (Fsp3) is 0.944. The number of hydrogen-bond acceptors (Lipinski definition) is 3. The van der Waals surface area contributed by atoms with Gasteiger partial charge in [0.05, 0.1) is 18.3 Å². The molecule has 3 atom stereocenters. The Morgan fingerprint density at radius 3 is 2.41 bits per heavy atom. The van der Waals surface area contributed by atoms with Crippen LogP contribution in [-0.2, 0) is 9.53 Å². The molecule has 1 fully saturated rings. The number of carbonyl (C=O) groups is 1. The number of unbranched alkanes of at least 4 members (excludes halogenated alkanes) is 7. The van der Waals surface area contributed by atoms with E-state index in [1.807, 2.05) is 0 Å². The number of carboxylic acid groups (broad SMARTS) is 1. The van der Waals surface area contributed by atoms with Crippen LogP contribution in [0.2, 0.25) is 0 Å². The molecule has 1 rings (SSSR count). The van der Waals surface area contributed by atoms with Gasteiger partial charge >= 0.3 is 5.97 Å². The third-order valence-corrected chi connectivity index (χ3v) is 4.46. The molecule has 0 aromatic carbocycles. The third-order valence-electron chi connectivity index (χ3n) is 4.46. The number of aliphatic carboxylic acids is 1. The van der Waals surface area contributed by atoms with Crippen molar-refractivity contribution >= 4 is 5.97 Å². The number of aliphatic hydroxyl groups excluding tert-OH is 1. The highest BCUT2D eigenvalue weighted by atomic mass is 16.6. The molecule has 4 heteroatoms. The summed E-state index contributed by atoms with van der Waals surface area (Å²) in [4.78, 5) is 10.4. The summed E-state index contributed by atoms with van der Waals surface area (Å²) in [5.41, 5.74) is 0. The molecular formula is C18H34O4. The highest BCUT2D eigenvalue weighted by Gasteiger charge is 2.38.